The van der Waals surface area contributed by atoms with Gasteiger partial charge in [0.1, 0.15) is 5.82 Å². The number of hydrogen-bond acceptors (Lipinski definition) is 1. The van der Waals surface area contributed by atoms with Crippen LogP contribution in [0, 0.1) is 5.82 Å². The summed E-state index contributed by atoms with van der Waals surface area (Å²) in [5.41, 5.74) is -2.11. The van der Waals surface area contributed by atoms with E-state index >= 15 is 0 Å². The highest BCUT2D eigenvalue weighted by molar-refractivity contribution is 9.10. The molecule has 0 fully saturated rings. The van der Waals surface area contributed by atoms with E-state index in [2.05, 4.69) is 15.9 Å². The fourth-order valence-electron chi connectivity index (χ4n) is 1.00. The van der Waals surface area contributed by atoms with Crippen LogP contribution in [0.25, 0.3) is 0 Å². The molecule has 0 aliphatic carbocycles. The minimum absolute atomic E-state index is 0.0123. The van der Waals surface area contributed by atoms with Crippen LogP contribution in [-0.2, 0) is 11.0 Å². The van der Waals surface area contributed by atoms with Gasteiger partial charge in [0, 0.05) is 4.47 Å². The van der Waals surface area contributed by atoms with E-state index in [-0.39, 0.29) is 10.9 Å². The molecular weight excluding hydrogens is 282 g/mol. The van der Waals surface area contributed by atoms with Crippen molar-refractivity contribution in [1.29, 1.82) is 0 Å². The molecule has 82 valence electrons. The molecule has 0 aromatic heterocycles. The van der Waals surface area contributed by atoms with Gasteiger partial charge < -0.3 is 5.32 Å². The average molecular weight is 286 g/mol. The van der Waals surface area contributed by atoms with Gasteiger partial charge in [-0.05, 0) is 12.1 Å². The van der Waals surface area contributed by atoms with E-state index in [1.807, 2.05) is 0 Å². The first-order chi connectivity index (χ1) is 6.86. The largest absolute Gasteiger partial charge is 0.418 e. The lowest BCUT2D eigenvalue weighted by Gasteiger charge is -2.12. The molecule has 0 aliphatic heterocycles. The van der Waals surface area contributed by atoms with E-state index in [0.29, 0.717) is 6.07 Å². The Kier molecular flexibility index (Phi) is 3.33. The smallest absolute Gasteiger partial charge is 0.326 e. The summed E-state index contributed by atoms with van der Waals surface area (Å²) in [4.78, 5) is 10.0. The first-order valence-electron chi connectivity index (χ1n) is 3.62. The van der Waals surface area contributed by atoms with Crippen LogP contribution in [0.15, 0.2) is 16.6 Å². The molecule has 7 heteroatoms. The van der Waals surface area contributed by atoms with Gasteiger partial charge >= 0.3 is 6.18 Å². The molecule has 0 radical (unpaired) electrons. The Labute approximate surface area is 90.4 Å². The summed E-state index contributed by atoms with van der Waals surface area (Å²) in [5.74, 6) is -1.15. The summed E-state index contributed by atoms with van der Waals surface area (Å²) in [6.45, 7) is 0. The fourth-order valence-corrected chi connectivity index (χ4v) is 1.43. The SMILES string of the molecule is O=CNc1c(F)cc(Br)cc1C(F)(F)F. The number of carbonyl (C=O) groups excluding carboxylic acids is 1. The van der Waals surface area contributed by atoms with E-state index in [9.17, 15) is 22.4 Å². The van der Waals surface area contributed by atoms with Gasteiger partial charge in [0.15, 0.2) is 0 Å². The quantitative estimate of drug-likeness (QED) is 0.656. The van der Waals surface area contributed by atoms with E-state index in [1.165, 1.54) is 0 Å². The maximum absolute atomic E-state index is 13.1. The zero-order chi connectivity index (χ0) is 11.6. The molecule has 2 nitrogen and oxygen atoms in total. The zero-order valence-electron chi connectivity index (χ0n) is 7.03. The molecule has 0 spiro atoms. The monoisotopic (exact) mass is 285 g/mol. The van der Waals surface area contributed by atoms with E-state index < -0.39 is 23.2 Å². The molecule has 1 amide bonds. The number of anilines is 1. The van der Waals surface area contributed by atoms with Crippen LogP contribution in [0.5, 0.6) is 0 Å². The van der Waals surface area contributed by atoms with Crippen LogP contribution in [0.1, 0.15) is 5.56 Å². The number of amides is 1. The Bertz CT molecular complexity index is 391. The summed E-state index contributed by atoms with van der Waals surface area (Å²) >= 11 is 2.73. The van der Waals surface area contributed by atoms with Gasteiger partial charge in [0.05, 0.1) is 11.3 Å². The van der Waals surface area contributed by atoms with E-state index in [4.69, 9.17) is 0 Å². The number of hydrogen-bond donors (Lipinski definition) is 1. The Morgan fingerprint density at radius 1 is 1.33 bits per heavy atom. The fraction of sp³-hybridized carbons (Fsp3) is 0.125. The third-order valence-electron chi connectivity index (χ3n) is 1.56. The van der Waals surface area contributed by atoms with Crippen LogP contribution in [-0.4, -0.2) is 6.41 Å². The predicted octanol–water partition coefficient (Wildman–Crippen LogP) is 3.18. The molecular formula is C8H4BrF4NO. The molecule has 1 N–H and O–H groups in total. The van der Waals surface area contributed by atoms with Gasteiger partial charge in [0.25, 0.3) is 0 Å². The summed E-state index contributed by atoms with van der Waals surface area (Å²) in [6.07, 6.45) is -4.74. The lowest BCUT2D eigenvalue weighted by Crippen LogP contribution is -2.11. The first-order valence-corrected chi connectivity index (χ1v) is 4.42. The molecule has 1 aromatic carbocycles. The van der Waals surface area contributed by atoms with Crippen molar-refractivity contribution >= 4 is 28.0 Å². The summed E-state index contributed by atoms with van der Waals surface area (Å²) in [7, 11) is 0. The second kappa shape index (κ2) is 4.18. The maximum atomic E-state index is 13.1. The third kappa shape index (κ3) is 2.68. The summed E-state index contributed by atoms with van der Waals surface area (Å²) in [5, 5.41) is 1.68. The molecule has 0 saturated carbocycles. The molecule has 1 rings (SSSR count). The third-order valence-corrected chi connectivity index (χ3v) is 2.02. The van der Waals surface area contributed by atoms with Gasteiger partial charge in [-0.1, -0.05) is 15.9 Å². The van der Waals surface area contributed by atoms with Crippen molar-refractivity contribution < 1.29 is 22.4 Å². The lowest BCUT2D eigenvalue weighted by atomic mass is 10.1. The van der Waals surface area contributed by atoms with Gasteiger partial charge in [-0.2, -0.15) is 13.2 Å². The van der Waals surface area contributed by atoms with Crippen LogP contribution in [0.2, 0.25) is 0 Å². The van der Waals surface area contributed by atoms with Crippen molar-refractivity contribution in [2.45, 2.75) is 6.18 Å². The summed E-state index contributed by atoms with van der Waals surface area (Å²) < 4.78 is 50.2. The highest BCUT2D eigenvalue weighted by Crippen LogP contribution is 2.37. The van der Waals surface area contributed by atoms with E-state index in [0.717, 1.165) is 6.07 Å². The van der Waals surface area contributed by atoms with Crippen LogP contribution >= 0.6 is 15.9 Å². The highest BCUT2D eigenvalue weighted by Gasteiger charge is 2.35. The Morgan fingerprint density at radius 2 is 1.93 bits per heavy atom. The van der Waals surface area contributed by atoms with Gasteiger partial charge in [0.2, 0.25) is 6.41 Å². The topological polar surface area (TPSA) is 29.1 Å². The average Bonchev–Trinajstić information content (AvgIpc) is 2.07. The van der Waals surface area contributed by atoms with Crippen LogP contribution < -0.4 is 5.32 Å². The molecule has 1 aromatic rings. The molecule has 15 heavy (non-hydrogen) atoms. The molecule has 0 atom stereocenters. The van der Waals surface area contributed by atoms with Crippen molar-refractivity contribution in [3.8, 4) is 0 Å². The standard InChI is InChI=1S/C8H4BrF4NO/c9-4-1-5(8(11,12)13)7(14-3-15)6(10)2-4/h1-3H,(H,14,15). The lowest BCUT2D eigenvalue weighted by molar-refractivity contribution is -0.137. The van der Waals surface area contributed by atoms with Crippen LogP contribution in [0.4, 0.5) is 23.2 Å². The minimum Gasteiger partial charge on any atom is -0.326 e. The second-order valence-corrected chi connectivity index (χ2v) is 3.49. The Morgan fingerprint density at radius 3 is 2.40 bits per heavy atom. The minimum atomic E-state index is -4.73. The van der Waals surface area contributed by atoms with Gasteiger partial charge in [-0.15, -0.1) is 0 Å². The number of nitrogens with one attached hydrogen (secondary N) is 1. The number of alkyl halides is 3. The van der Waals surface area contributed by atoms with Gasteiger partial charge in [-0.3, -0.25) is 4.79 Å². The van der Waals surface area contributed by atoms with Gasteiger partial charge in [-0.25, -0.2) is 4.39 Å². The number of carbonyl (C=O) groups is 1. The number of benzene rings is 1. The van der Waals surface area contributed by atoms with Crippen molar-refractivity contribution in [1.82, 2.24) is 0 Å². The second-order valence-electron chi connectivity index (χ2n) is 2.57. The normalized spacial score (nSPS) is 11.3. The molecule has 0 unspecified atom stereocenters. The predicted molar refractivity (Wildman–Crippen MR) is 48.8 cm³/mol. The zero-order valence-corrected chi connectivity index (χ0v) is 8.62. The van der Waals surface area contributed by atoms with Crippen molar-refractivity contribution in [3.63, 3.8) is 0 Å². The summed E-state index contributed by atoms with van der Waals surface area (Å²) in [6, 6.07) is 1.52. The first kappa shape index (κ1) is 12.0. The van der Waals surface area contributed by atoms with Crippen molar-refractivity contribution in [2.24, 2.45) is 0 Å². The number of halogens is 5. The van der Waals surface area contributed by atoms with Crippen molar-refractivity contribution in [2.75, 3.05) is 5.32 Å². The van der Waals surface area contributed by atoms with Crippen LogP contribution in [0.3, 0.4) is 0 Å². The highest BCUT2D eigenvalue weighted by atomic mass is 79.9. The molecule has 0 heterocycles. The molecule has 0 aliphatic rings. The van der Waals surface area contributed by atoms with Crippen molar-refractivity contribution in [3.05, 3.63) is 28.0 Å². The Balaban J connectivity index is 3.39. The molecule has 0 bridgehead atoms. The van der Waals surface area contributed by atoms with E-state index in [1.54, 1.807) is 5.32 Å². The maximum Gasteiger partial charge on any atom is 0.418 e. The number of rotatable bonds is 2. The Hall–Kier alpha value is -1.11. The molecule has 0 saturated heterocycles.